The van der Waals surface area contributed by atoms with Crippen molar-refractivity contribution in [3.8, 4) is 0 Å². The number of nitrogen functional groups attached to an aromatic ring is 1. The van der Waals surface area contributed by atoms with Gasteiger partial charge in [-0.25, -0.2) is 14.6 Å². The quantitative estimate of drug-likeness (QED) is 0.880. The zero-order valence-electron chi connectivity index (χ0n) is 9.59. The molecule has 7 nitrogen and oxygen atoms in total. The van der Waals surface area contributed by atoms with Crippen LogP contribution < -0.4 is 11.1 Å². The van der Waals surface area contributed by atoms with Crippen LogP contribution in [0.4, 0.5) is 11.8 Å². The first-order chi connectivity index (χ1) is 8.54. The molecule has 0 saturated carbocycles. The molecule has 2 aromatic heterocycles. The lowest BCUT2D eigenvalue weighted by molar-refractivity contribution is -0.116. The number of hydrogen-bond acceptors (Lipinski definition) is 5. The highest BCUT2D eigenvalue weighted by Crippen LogP contribution is 2.16. The highest BCUT2D eigenvalue weighted by molar-refractivity contribution is 9.10. The number of aryl methyl sites for hydroxylation is 1. The summed E-state index contributed by atoms with van der Waals surface area (Å²) < 4.78 is 2.25. The number of nitrogens with two attached hydrogens (primary N) is 1. The van der Waals surface area contributed by atoms with Crippen molar-refractivity contribution in [2.45, 2.75) is 13.5 Å². The van der Waals surface area contributed by atoms with Crippen LogP contribution in [0.3, 0.4) is 0 Å². The van der Waals surface area contributed by atoms with E-state index in [4.69, 9.17) is 5.73 Å². The SMILES string of the molecule is Cc1nc(NC(=O)Cn2cnc(N)n2)ccc1Br. The summed E-state index contributed by atoms with van der Waals surface area (Å²) in [6.07, 6.45) is 1.40. The third kappa shape index (κ3) is 3.04. The molecule has 0 aliphatic carbocycles. The number of carbonyl (C=O) groups excluding carboxylic acids is 1. The molecule has 0 radical (unpaired) electrons. The zero-order valence-corrected chi connectivity index (χ0v) is 11.2. The lowest BCUT2D eigenvalue weighted by Crippen LogP contribution is -2.20. The lowest BCUT2D eigenvalue weighted by atomic mass is 10.3. The van der Waals surface area contributed by atoms with Gasteiger partial charge in [0.2, 0.25) is 11.9 Å². The van der Waals surface area contributed by atoms with Crippen LogP contribution >= 0.6 is 15.9 Å². The van der Waals surface area contributed by atoms with Gasteiger partial charge in [0.05, 0.1) is 5.69 Å². The summed E-state index contributed by atoms with van der Waals surface area (Å²) >= 11 is 3.34. The van der Waals surface area contributed by atoms with E-state index in [1.54, 1.807) is 6.07 Å². The van der Waals surface area contributed by atoms with Crippen LogP contribution in [-0.4, -0.2) is 25.7 Å². The molecule has 3 N–H and O–H groups in total. The number of hydrogen-bond donors (Lipinski definition) is 2. The van der Waals surface area contributed by atoms with E-state index < -0.39 is 0 Å². The Kier molecular flexibility index (Phi) is 3.56. The fraction of sp³-hybridized carbons (Fsp3) is 0.200. The average Bonchev–Trinajstić information content (AvgIpc) is 2.69. The van der Waals surface area contributed by atoms with Gasteiger partial charge in [-0.2, -0.15) is 0 Å². The van der Waals surface area contributed by atoms with Crippen molar-refractivity contribution in [2.24, 2.45) is 0 Å². The number of carbonyl (C=O) groups is 1. The summed E-state index contributed by atoms with van der Waals surface area (Å²) in [6.45, 7) is 1.89. The molecule has 0 aliphatic heterocycles. The maximum Gasteiger partial charge on any atom is 0.247 e. The number of rotatable bonds is 3. The van der Waals surface area contributed by atoms with Crippen molar-refractivity contribution in [2.75, 3.05) is 11.1 Å². The molecular formula is C10H11BrN6O. The number of halogens is 1. The first-order valence-electron chi connectivity index (χ1n) is 5.12. The Labute approximate surface area is 112 Å². The summed E-state index contributed by atoms with van der Waals surface area (Å²) in [5, 5.41) is 6.49. The Balaban J connectivity index is 2.00. The van der Waals surface area contributed by atoms with Crippen LogP contribution in [0.5, 0.6) is 0 Å². The van der Waals surface area contributed by atoms with Crippen LogP contribution in [0.1, 0.15) is 5.69 Å². The second-order valence-corrected chi connectivity index (χ2v) is 4.47. The Morgan fingerprint density at radius 2 is 2.33 bits per heavy atom. The monoisotopic (exact) mass is 310 g/mol. The van der Waals surface area contributed by atoms with E-state index in [1.807, 2.05) is 13.0 Å². The molecule has 0 unspecified atom stereocenters. The van der Waals surface area contributed by atoms with Gasteiger partial charge in [-0.3, -0.25) is 4.79 Å². The van der Waals surface area contributed by atoms with E-state index in [0.717, 1.165) is 10.2 Å². The molecule has 0 aromatic carbocycles. The Morgan fingerprint density at radius 1 is 1.56 bits per heavy atom. The van der Waals surface area contributed by atoms with Gasteiger partial charge in [0.25, 0.3) is 0 Å². The van der Waals surface area contributed by atoms with E-state index in [0.29, 0.717) is 5.82 Å². The van der Waals surface area contributed by atoms with E-state index >= 15 is 0 Å². The van der Waals surface area contributed by atoms with Crippen molar-refractivity contribution in [3.05, 3.63) is 28.6 Å². The predicted molar refractivity (Wildman–Crippen MR) is 69.7 cm³/mol. The lowest BCUT2D eigenvalue weighted by Gasteiger charge is -2.05. The molecular weight excluding hydrogens is 300 g/mol. The summed E-state index contributed by atoms with van der Waals surface area (Å²) in [6, 6.07) is 3.54. The van der Waals surface area contributed by atoms with Crippen molar-refractivity contribution >= 4 is 33.6 Å². The minimum absolute atomic E-state index is 0.0427. The van der Waals surface area contributed by atoms with Gasteiger partial charge >= 0.3 is 0 Å². The Hall–Kier alpha value is -1.96. The summed E-state index contributed by atoms with van der Waals surface area (Å²) in [5.41, 5.74) is 6.15. The van der Waals surface area contributed by atoms with Gasteiger partial charge in [0.1, 0.15) is 18.7 Å². The maximum absolute atomic E-state index is 11.7. The van der Waals surface area contributed by atoms with Gasteiger partial charge in [0.15, 0.2) is 0 Å². The van der Waals surface area contributed by atoms with Crippen molar-refractivity contribution in [1.82, 2.24) is 19.7 Å². The third-order valence-corrected chi connectivity index (χ3v) is 2.99. The van der Waals surface area contributed by atoms with Gasteiger partial charge in [0, 0.05) is 4.47 Å². The summed E-state index contributed by atoms with van der Waals surface area (Å²) in [5.74, 6) is 0.392. The first kappa shape index (κ1) is 12.5. The normalized spacial score (nSPS) is 10.3. The van der Waals surface area contributed by atoms with Crippen LogP contribution in [0.15, 0.2) is 22.9 Å². The van der Waals surface area contributed by atoms with Crippen LogP contribution in [0.25, 0.3) is 0 Å². The molecule has 1 amide bonds. The number of nitrogens with one attached hydrogen (secondary N) is 1. The van der Waals surface area contributed by atoms with E-state index in [-0.39, 0.29) is 18.4 Å². The topological polar surface area (TPSA) is 98.7 Å². The fourth-order valence-corrected chi connectivity index (χ4v) is 1.55. The van der Waals surface area contributed by atoms with Crippen LogP contribution in [-0.2, 0) is 11.3 Å². The average molecular weight is 311 g/mol. The van der Waals surface area contributed by atoms with Crippen molar-refractivity contribution in [1.29, 1.82) is 0 Å². The largest absolute Gasteiger partial charge is 0.367 e. The molecule has 0 fully saturated rings. The number of anilines is 2. The molecule has 2 aromatic rings. The molecule has 0 spiro atoms. The highest BCUT2D eigenvalue weighted by Gasteiger charge is 2.07. The molecule has 2 rings (SSSR count). The van der Waals surface area contributed by atoms with Gasteiger partial charge in [-0.05, 0) is 35.0 Å². The molecule has 0 aliphatic rings. The highest BCUT2D eigenvalue weighted by atomic mass is 79.9. The first-order valence-corrected chi connectivity index (χ1v) is 5.92. The Morgan fingerprint density at radius 3 is 2.94 bits per heavy atom. The molecule has 2 heterocycles. The van der Waals surface area contributed by atoms with Crippen molar-refractivity contribution < 1.29 is 4.79 Å². The van der Waals surface area contributed by atoms with Crippen LogP contribution in [0.2, 0.25) is 0 Å². The number of pyridine rings is 1. The molecule has 0 bridgehead atoms. The summed E-state index contributed by atoms with van der Waals surface area (Å²) in [7, 11) is 0. The molecule has 94 valence electrons. The summed E-state index contributed by atoms with van der Waals surface area (Å²) in [4.78, 5) is 19.6. The smallest absolute Gasteiger partial charge is 0.247 e. The fourth-order valence-electron chi connectivity index (χ4n) is 1.33. The standard InChI is InChI=1S/C10H11BrN6O/c1-6-7(11)2-3-8(14-6)15-9(18)4-17-5-13-10(12)16-17/h2-3,5H,4H2,1H3,(H2,12,16)(H,14,15,18). The number of aromatic nitrogens is 4. The van der Waals surface area contributed by atoms with E-state index in [2.05, 4.69) is 36.3 Å². The molecule has 0 saturated heterocycles. The number of amides is 1. The molecule has 18 heavy (non-hydrogen) atoms. The van der Waals surface area contributed by atoms with Gasteiger partial charge in [-0.15, -0.1) is 5.10 Å². The number of nitrogens with zero attached hydrogens (tertiary/aromatic N) is 4. The van der Waals surface area contributed by atoms with Crippen molar-refractivity contribution in [3.63, 3.8) is 0 Å². The second-order valence-electron chi connectivity index (χ2n) is 3.61. The maximum atomic E-state index is 11.7. The van der Waals surface area contributed by atoms with Gasteiger partial charge < -0.3 is 11.1 Å². The second kappa shape index (κ2) is 5.13. The van der Waals surface area contributed by atoms with Crippen LogP contribution in [0, 0.1) is 6.92 Å². The van der Waals surface area contributed by atoms with E-state index in [1.165, 1.54) is 11.0 Å². The molecule has 8 heteroatoms. The Bertz CT molecular complexity index is 581. The third-order valence-electron chi connectivity index (χ3n) is 2.15. The zero-order chi connectivity index (χ0) is 13.1. The van der Waals surface area contributed by atoms with Gasteiger partial charge in [-0.1, -0.05) is 0 Å². The minimum Gasteiger partial charge on any atom is -0.367 e. The minimum atomic E-state index is -0.242. The predicted octanol–water partition coefficient (Wildman–Crippen LogP) is 0.965. The molecule has 0 atom stereocenters. The van der Waals surface area contributed by atoms with E-state index in [9.17, 15) is 4.79 Å².